The van der Waals surface area contributed by atoms with Gasteiger partial charge in [-0.05, 0) is 36.2 Å². The second kappa shape index (κ2) is 8.32. The van der Waals surface area contributed by atoms with Crippen LogP contribution in [0.15, 0.2) is 52.5 Å². The molecule has 0 atom stereocenters. The maximum atomic E-state index is 13.2. The van der Waals surface area contributed by atoms with Gasteiger partial charge >= 0.3 is 0 Å². The van der Waals surface area contributed by atoms with Crippen molar-refractivity contribution in [1.82, 2.24) is 14.5 Å². The van der Waals surface area contributed by atoms with Crippen LogP contribution >= 0.6 is 23.1 Å². The highest BCUT2D eigenvalue weighted by atomic mass is 32.2. The minimum Gasteiger partial charge on any atom is -0.497 e. The molecule has 1 aromatic carbocycles. The van der Waals surface area contributed by atoms with E-state index in [0.717, 1.165) is 50.8 Å². The number of aromatic nitrogens is 3. The van der Waals surface area contributed by atoms with E-state index in [1.807, 2.05) is 34.9 Å². The Kier molecular flexibility index (Phi) is 5.64. The van der Waals surface area contributed by atoms with Crippen molar-refractivity contribution < 1.29 is 4.74 Å². The van der Waals surface area contributed by atoms with Crippen molar-refractivity contribution in [2.75, 3.05) is 7.11 Å². The Bertz CT molecular complexity index is 1180. The van der Waals surface area contributed by atoms with Gasteiger partial charge in [-0.2, -0.15) is 0 Å². The SMILES string of the molecule is CCCCn1c(SCc2cccc(OC)c2)nc2c(sc3ncccc32)c1=O. The number of benzene rings is 1. The Labute approximate surface area is 171 Å². The van der Waals surface area contributed by atoms with Crippen LogP contribution in [0.3, 0.4) is 0 Å². The summed E-state index contributed by atoms with van der Waals surface area (Å²) in [4.78, 5) is 23.4. The molecule has 3 aromatic heterocycles. The highest BCUT2D eigenvalue weighted by Crippen LogP contribution is 2.31. The van der Waals surface area contributed by atoms with Crippen LogP contribution in [0.25, 0.3) is 20.4 Å². The lowest BCUT2D eigenvalue weighted by Gasteiger charge is -2.12. The summed E-state index contributed by atoms with van der Waals surface area (Å²) in [6.07, 6.45) is 3.73. The fourth-order valence-corrected chi connectivity index (χ4v) is 5.07. The summed E-state index contributed by atoms with van der Waals surface area (Å²) in [5.41, 5.74) is 1.94. The second-order valence-corrected chi connectivity index (χ2v) is 8.42. The maximum absolute atomic E-state index is 13.2. The minimum atomic E-state index is 0.0367. The summed E-state index contributed by atoms with van der Waals surface area (Å²) in [5.74, 6) is 1.56. The highest BCUT2D eigenvalue weighted by Gasteiger charge is 2.16. The lowest BCUT2D eigenvalue weighted by molar-refractivity contribution is 0.414. The molecule has 3 heterocycles. The summed E-state index contributed by atoms with van der Waals surface area (Å²) in [7, 11) is 1.67. The number of nitrogens with zero attached hydrogens (tertiary/aromatic N) is 3. The number of pyridine rings is 1. The Balaban J connectivity index is 1.77. The first-order valence-electron chi connectivity index (χ1n) is 9.25. The fourth-order valence-electron chi connectivity index (χ4n) is 3.07. The van der Waals surface area contributed by atoms with Crippen molar-refractivity contribution in [1.29, 1.82) is 0 Å². The van der Waals surface area contributed by atoms with Gasteiger partial charge in [-0.3, -0.25) is 9.36 Å². The van der Waals surface area contributed by atoms with Crippen LogP contribution < -0.4 is 10.3 Å². The number of rotatable bonds is 7. The first-order chi connectivity index (χ1) is 13.7. The van der Waals surface area contributed by atoms with Crippen molar-refractivity contribution in [3.63, 3.8) is 0 Å². The lowest BCUT2D eigenvalue weighted by Crippen LogP contribution is -2.22. The van der Waals surface area contributed by atoms with Gasteiger partial charge in [0.2, 0.25) is 0 Å². The molecule has 4 aromatic rings. The van der Waals surface area contributed by atoms with Gasteiger partial charge in [0, 0.05) is 23.9 Å². The van der Waals surface area contributed by atoms with Crippen LogP contribution in [0.1, 0.15) is 25.3 Å². The molecule has 0 N–H and O–H groups in total. The molecule has 0 radical (unpaired) electrons. The standard InChI is InChI=1S/C21H21N3O2S2/c1-3-4-11-24-20(25)18-17(16-9-6-10-22-19(16)28-18)23-21(24)27-13-14-7-5-8-15(12-14)26-2/h5-10,12H,3-4,11,13H2,1-2H3. The van der Waals surface area contributed by atoms with Gasteiger partial charge in [0.1, 0.15) is 15.3 Å². The van der Waals surface area contributed by atoms with E-state index in [1.165, 1.54) is 11.3 Å². The van der Waals surface area contributed by atoms with E-state index in [2.05, 4.69) is 18.0 Å². The average Bonchev–Trinajstić information content (AvgIpc) is 3.11. The number of thiophene rings is 1. The van der Waals surface area contributed by atoms with Gasteiger partial charge in [-0.25, -0.2) is 9.97 Å². The van der Waals surface area contributed by atoms with Gasteiger partial charge in [-0.15, -0.1) is 11.3 Å². The summed E-state index contributed by atoms with van der Waals surface area (Å²) in [6, 6.07) is 11.9. The van der Waals surface area contributed by atoms with E-state index in [0.29, 0.717) is 11.2 Å². The summed E-state index contributed by atoms with van der Waals surface area (Å²) < 4.78 is 7.83. The largest absolute Gasteiger partial charge is 0.497 e. The fraction of sp³-hybridized carbons (Fsp3) is 0.286. The monoisotopic (exact) mass is 411 g/mol. The molecule has 144 valence electrons. The molecule has 7 heteroatoms. The van der Waals surface area contributed by atoms with Crippen molar-refractivity contribution in [2.24, 2.45) is 0 Å². The third kappa shape index (κ3) is 3.64. The Morgan fingerprint density at radius 3 is 2.96 bits per heavy atom. The van der Waals surface area contributed by atoms with E-state index >= 15 is 0 Å². The van der Waals surface area contributed by atoms with Gasteiger partial charge in [0.15, 0.2) is 5.16 Å². The molecule has 0 spiro atoms. The maximum Gasteiger partial charge on any atom is 0.272 e. The average molecular weight is 412 g/mol. The van der Waals surface area contributed by atoms with Gasteiger partial charge in [-0.1, -0.05) is 37.2 Å². The molecule has 0 aliphatic rings. The molecular formula is C21H21N3O2S2. The summed E-state index contributed by atoms with van der Waals surface area (Å²) >= 11 is 3.02. The van der Waals surface area contributed by atoms with Crippen molar-refractivity contribution >= 4 is 43.5 Å². The predicted molar refractivity (Wildman–Crippen MR) is 117 cm³/mol. The lowest BCUT2D eigenvalue weighted by atomic mass is 10.2. The van der Waals surface area contributed by atoms with Crippen LogP contribution in [0.2, 0.25) is 0 Å². The molecule has 0 aliphatic carbocycles. The first kappa shape index (κ1) is 19.0. The number of ether oxygens (including phenoxy) is 1. The van der Waals surface area contributed by atoms with Crippen LogP contribution in [0.5, 0.6) is 5.75 Å². The van der Waals surface area contributed by atoms with E-state index in [4.69, 9.17) is 9.72 Å². The zero-order valence-corrected chi connectivity index (χ0v) is 17.5. The Morgan fingerprint density at radius 2 is 2.14 bits per heavy atom. The smallest absolute Gasteiger partial charge is 0.272 e. The van der Waals surface area contributed by atoms with Crippen molar-refractivity contribution in [3.8, 4) is 5.75 Å². The highest BCUT2D eigenvalue weighted by molar-refractivity contribution is 7.98. The summed E-state index contributed by atoms with van der Waals surface area (Å²) in [6.45, 7) is 2.81. The quantitative estimate of drug-likeness (QED) is 0.312. The number of thioether (sulfide) groups is 1. The van der Waals surface area contributed by atoms with Crippen LogP contribution in [-0.2, 0) is 12.3 Å². The third-order valence-corrected chi connectivity index (χ3v) is 6.69. The molecule has 28 heavy (non-hydrogen) atoms. The molecule has 0 saturated heterocycles. The summed E-state index contributed by atoms with van der Waals surface area (Å²) in [5, 5.41) is 1.71. The zero-order chi connectivity index (χ0) is 19.5. The van der Waals surface area contributed by atoms with E-state index in [9.17, 15) is 4.79 Å². The number of hydrogen-bond donors (Lipinski definition) is 0. The zero-order valence-electron chi connectivity index (χ0n) is 15.8. The molecule has 5 nitrogen and oxygen atoms in total. The molecule has 4 rings (SSSR count). The van der Waals surface area contributed by atoms with Crippen molar-refractivity contribution in [2.45, 2.75) is 37.2 Å². The Morgan fingerprint density at radius 1 is 1.25 bits per heavy atom. The number of hydrogen-bond acceptors (Lipinski definition) is 6. The molecule has 0 bridgehead atoms. The number of fused-ring (bicyclic) bond motifs is 3. The Hall–Kier alpha value is -2.38. The van der Waals surface area contributed by atoms with Gasteiger partial charge < -0.3 is 4.74 Å². The molecule has 0 amide bonds. The molecule has 0 unspecified atom stereocenters. The number of unbranched alkanes of at least 4 members (excludes halogenated alkanes) is 1. The predicted octanol–water partition coefficient (Wildman–Crippen LogP) is 5.11. The molecule has 0 saturated carbocycles. The van der Waals surface area contributed by atoms with Gasteiger partial charge in [0.05, 0.1) is 12.6 Å². The molecule has 0 fully saturated rings. The van der Waals surface area contributed by atoms with Gasteiger partial charge in [0.25, 0.3) is 5.56 Å². The van der Waals surface area contributed by atoms with E-state index in [-0.39, 0.29) is 5.56 Å². The number of methoxy groups -OCH3 is 1. The first-order valence-corrected chi connectivity index (χ1v) is 11.0. The van der Waals surface area contributed by atoms with Crippen molar-refractivity contribution in [3.05, 3.63) is 58.5 Å². The van der Waals surface area contributed by atoms with Crippen LogP contribution in [0.4, 0.5) is 0 Å². The minimum absolute atomic E-state index is 0.0367. The van der Waals surface area contributed by atoms with E-state index < -0.39 is 0 Å². The normalized spacial score (nSPS) is 11.4. The topological polar surface area (TPSA) is 57.0 Å². The van der Waals surface area contributed by atoms with Crippen LogP contribution in [0, 0.1) is 0 Å². The van der Waals surface area contributed by atoms with Crippen LogP contribution in [-0.4, -0.2) is 21.6 Å². The third-order valence-electron chi connectivity index (χ3n) is 4.56. The molecular weight excluding hydrogens is 390 g/mol. The second-order valence-electron chi connectivity index (χ2n) is 6.48. The van der Waals surface area contributed by atoms with E-state index in [1.54, 1.807) is 25.1 Å². The molecule has 0 aliphatic heterocycles.